The fraction of sp³-hybridized carbons (Fsp3) is 0.800. The van der Waals surface area contributed by atoms with Gasteiger partial charge in [-0.1, -0.05) is 20.3 Å². The summed E-state index contributed by atoms with van der Waals surface area (Å²) in [5.41, 5.74) is 0. The Bertz CT molecular complexity index is 161. The van der Waals surface area contributed by atoms with Gasteiger partial charge in [0.15, 0.2) is 0 Å². The van der Waals surface area contributed by atoms with Gasteiger partial charge in [0.2, 0.25) is 0 Å². The molecule has 70 valence electrons. The summed E-state index contributed by atoms with van der Waals surface area (Å²) in [6.45, 7) is 5.47. The number of Topliss-reactive ketones (excluding diaryl/α,β-unsaturated/α-hetero) is 2. The van der Waals surface area contributed by atoms with E-state index in [2.05, 4.69) is 0 Å². The Morgan fingerprint density at radius 2 is 1.75 bits per heavy atom. The summed E-state index contributed by atoms with van der Waals surface area (Å²) in [7, 11) is 0. The summed E-state index contributed by atoms with van der Waals surface area (Å²) in [5, 5.41) is 0. The normalized spacial score (nSPS) is 12.6. The van der Waals surface area contributed by atoms with Crippen molar-refractivity contribution in [1.82, 2.24) is 0 Å². The maximum absolute atomic E-state index is 11.1. The van der Waals surface area contributed by atoms with Crippen LogP contribution in [0.1, 0.15) is 46.5 Å². The van der Waals surface area contributed by atoms with Crippen molar-refractivity contribution in [1.29, 1.82) is 0 Å². The van der Waals surface area contributed by atoms with Crippen LogP contribution in [0.3, 0.4) is 0 Å². The maximum atomic E-state index is 11.1. The molecule has 0 aromatic rings. The first-order chi connectivity index (χ1) is 5.60. The highest BCUT2D eigenvalue weighted by atomic mass is 16.1. The molecule has 0 saturated carbocycles. The Morgan fingerprint density at radius 1 is 1.17 bits per heavy atom. The minimum Gasteiger partial charge on any atom is -0.300 e. The zero-order chi connectivity index (χ0) is 9.56. The topological polar surface area (TPSA) is 34.1 Å². The zero-order valence-electron chi connectivity index (χ0n) is 8.22. The molecule has 0 heterocycles. The first-order valence-corrected chi connectivity index (χ1v) is 4.61. The molecular formula is C10H18O2. The summed E-state index contributed by atoms with van der Waals surface area (Å²) in [6, 6.07) is 0. The van der Waals surface area contributed by atoms with Gasteiger partial charge in [-0.3, -0.25) is 4.79 Å². The smallest absolute Gasteiger partial charge is 0.132 e. The van der Waals surface area contributed by atoms with E-state index in [1.54, 1.807) is 6.92 Å². The minimum absolute atomic E-state index is 0.186. The van der Waals surface area contributed by atoms with Crippen LogP contribution < -0.4 is 0 Å². The molecule has 0 fully saturated rings. The van der Waals surface area contributed by atoms with Gasteiger partial charge in [0.25, 0.3) is 0 Å². The van der Waals surface area contributed by atoms with Crippen LogP contribution >= 0.6 is 0 Å². The predicted molar refractivity (Wildman–Crippen MR) is 49.0 cm³/mol. The maximum Gasteiger partial charge on any atom is 0.132 e. The summed E-state index contributed by atoms with van der Waals surface area (Å²) in [5.74, 6) is 0.726. The van der Waals surface area contributed by atoms with Crippen LogP contribution in [0.4, 0.5) is 0 Å². The molecule has 0 aromatic carbocycles. The molecule has 0 rings (SSSR count). The third kappa shape index (κ3) is 5.05. The van der Waals surface area contributed by atoms with Crippen molar-refractivity contribution in [3.8, 4) is 0 Å². The quantitative estimate of drug-likeness (QED) is 0.613. The van der Waals surface area contributed by atoms with Crippen molar-refractivity contribution >= 4 is 11.6 Å². The van der Waals surface area contributed by atoms with Crippen LogP contribution in [0.15, 0.2) is 0 Å². The van der Waals surface area contributed by atoms with Gasteiger partial charge in [0, 0.05) is 19.3 Å². The molecule has 1 unspecified atom stereocenters. The lowest BCUT2D eigenvalue weighted by molar-refractivity contribution is -0.120. The average molecular weight is 170 g/mol. The fourth-order valence-corrected chi connectivity index (χ4v) is 1.23. The van der Waals surface area contributed by atoms with E-state index in [-0.39, 0.29) is 17.5 Å². The van der Waals surface area contributed by atoms with Crippen LogP contribution in [0, 0.1) is 5.92 Å². The zero-order valence-corrected chi connectivity index (χ0v) is 8.22. The Hall–Kier alpha value is -0.660. The third-order valence-corrected chi connectivity index (χ3v) is 2.06. The van der Waals surface area contributed by atoms with E-state index in [1.807, 2.05) is 13.8 Å². The van der Waals surface area contributed by atoms with Crippen molar-refractivity contribution in [3.63, 3.8) is 0 Å². The summed E-state index contributed by atoms with van der Waals surface area (Å²) >= 11 is 0. The van der Waals surface area contributed by atoms with Gasteiger partial charge in [-0.15, -0.1) is 0 Å². The Balaban J connectivity index is 3.82. The highest BCUT2D eigenvalue weighted by molar-refractivity contribution is 5.80. The van der Waals surface area contributed by atoms with Crippen LogP contribution in [0.25, 0.3) is 0 Å². The van der Waals surface area contributed by atoms with E-state index in [0.29, 0.717) is 19.3 Å². The van der Waals surface area contributed by atoms with Crippen LogP contribution in [0.5, 0.6) is 0 Å². The molecule has 0 N–H and O–H groups in total. The van der Waals surface area contributed by atoms with Gasteiger partial charge in [-0.25, -0.2) is 0 Å². The number of ketones is 2. The molecule has 0 aromatic heterocycles. The Morgan fingerprint density at radius 3 is 2.08 bits per heavy atom. The van der Waals surface area contributed by atoms with Gasteiger partial charge >= 0.3 is 0 Å². The monoisotopic (exact) mass is 170 g/mol. The first kappa shape index (κ1) is 11.3. The third-order valence-electron chi connectivity index (χ3n) is 2.06. The highest BCUT2D eigenvalue weighted by Crippen LogP contribution is 2.14. The molecular weight excluding hydrogens is 152 g/mol. The largest absolute Gasteiger partial charge is 0.300 e. The van der Waals surface area contributed by atoms with E-state index in [9.17, 15) is 9.59 Å². The molecule has 12 heavy (non-hydrogen) atoms. The Kier molecular flexibility index (Phi) is 5.60. The van der Waals surface area contributed by atoms with Crippen molar-refractivity contribution in [3.05, 3.63) is 0 Å². The first-order valence-electron chi connectivity index (χ1n) is 4.61. The van der Waals surface area contributed by atoms with E-state index in [0.717, 1.165) is 6.42 Å². The molecule has 2 nitrogen and oxygen atoms in total. The second kappa shape index (κ2) is 5.92. The molecule has 0 aliphatic rings. The van der Waals surface area contributed by atoms with Crippen molar-refractivity contribution in [2.45, 2.75) is 46.5 Å². The molecule has 0 aliphatic carbocycles. The van der Waals surface area contributed by atoms with Gasteiger partial charge in [-0.2, -0.15) is 0 Å². The highest BCUT2D eigenvalue weighted by Gasteiger charge is 2.12. The summed E-state index contributed by atoms with van der Waals surface area (Å²) < 4.78 is 0. The van der Waals surface area contributed by atoms with Crippen LogP contribution in [-0.2, 0) is 9.59 Å². The van der Waals surface area contributed by atoms with E-state index >= 15 is 0 Å². The van der Waals surface area contributed by atoms with Crippen LogP contribution in [0.2, 0.25) is 0 Å². The molecule has 0 saturated heterocycles. The Labute approximate surface area is 74.3 Å². The van der Waals surface area contributed by atoms with Crippen molar-refractivity contribution in [2.75, 3.05) is 0 Å². The summed E-state index contributed by atoms with van der Waals surface area (Å²) in [4.78, 5) is 21.8. The van der Waals surface area contributed by atoms with E-state index < -0.39 is 0 Å². The standard InChI is InChI=1S/C10H18O2/c1-4-9(6-8(3)11)7-10(12)5-2/h9H,4-7H2,1-3H3. The number of rotatable bonds is 6. The van der Waals surface area contributed by atoms with E-state index in [1.165, 1.54) is 0 Å². The number of hydrogen-bond donors (Lipinski definition) is 0. The molecule has 2 heteroatoms. The fourth-order valence-electron chi connectivity index (χ4n) is 1.23. The molecule has 0 bridgehead atoms. The number of hydrogen-bond acceptors (Lipinski definition) is 2. The minimum atomic E-state index is 0.186. The van der Waals surface area contributed by atoms with Gasteiger partial charge < -0.3 is 4.79 Å². The second-order valence-corrected chi connectivity index (χ2v) is 3.28. The molecule has 0 spiro atoms. The second-order valence-electron chi connectivity index (χ2n) is 3.28. The van der Waals surface area contributed by atoms with Gasteiger partial charge in [-0.05, 0) is 12.8 Å². The molecule has 0 amide bonds. The van der Waals surface area contributed by atoms with Crippen molar-refractivity contribution < 1.29 is 9.59 Å². The SMILES string of the molecule is CCC(=O)CC(CC)CC(C)=O. The number of carbonyl (C=O) groups is 2. The summed E-state index contributed by atoms with van der Waals surface area (Å²) in [6.07, 6.45) is 2.65. The molecule has 0 aliphatic heterocycles. The van der Waals surface area contributed by atoms with Crippen LogP contribution in [-0.4, -0.2) is 11.6 Å². The lowest BCUT2D eigenvalue weighted by atomic mass is 9.94. The lowest BCUT2D eigenvalue weighted by Gasteiger charge is -2.10. The van der Waals surface area contributed by atoms with E-state index in [4.69, 9.17) is 0 Å². The lowest BCUT2D eigenvalue weighted by Crippen LogP contribution is -2.10. The predicted octanol–water partition coefficient (Wildman–Crippen LogP) is 2.36. The van der Waals surface area contributed by atoms with Crippen molar-refractivity contribution in [2.24, 2.45) is 5.92 Å². The number of carbonyl (C=O) groups excluding carboxylic acids is 2. The average Bonchev–Trinajstić information content (AvgIpc) is 2.02. The van der Waals surface area contributed by atoms with Gasteiger partial charge in [0.05, 0.1) is 0 Å². The molecule has 0 radical (unpaired) electrons. The van der Waals surface area contributed by atoms with Gasteiger partial charge in [0.1, 0.15) is 11.6 Å². The molecule has 1 atom stereocenters.